The number of rotatable bonds is 7. The lowest BCUT2D eigenvalue weighted by Crippen LogP contribution is -2.42. The summed E-state index contributed by atoms with van der Waals surface area (Å²) in [4.78, 5) is 25.6. The molecule has 0 saturated heterocycles. The van der Waals surface area contributed by atoms with Gasteiger partial charge in [-0.2, -0.15) is 0 Å². The highest BCUT2D eigenvalue weighted by Gasteiger charge is 2.13. The van der Waals surface area contributed by atoms with E-state index in [0.29, 0.717) is 12.3 Å². The quantitative estimate of drug-likeness (QED) is 0.698. The van der Waals surface area contributed by atoms with E-state index >= 15 is 0 Å². The molecular formula is C19H21BrFN3O3. The molecule has 8 heteroatoms. The summed E-state index contributed by atoms with van der Waals surface area (Å²) >= 11 is 3.40. The predicted molar refractivity (Wildman–Crippen MR) is 104 cm³/mol. The molecule has 0 aromatic heterocycles. The summed E-state index contributed by atoms with van der Waals surface area (Å²) in [5.41, 5.74) is 1.61. The number of methoxy groups -OCH3 is 1. The van der Waals surface area contributed by atoms with Crippen molar-refractivity contribution in [3.8, 4) is 5.75 Å². The van der Waals surface area contributed by atoms with Gasteiger partial charge >= 0.3 is 6.03 Å². The topological polar surface area (TPSA) is 70.7 Å². The highest BCUT2D eigenvalue weighted by Crippen LogP contribution is 2.24. The predicted octanol–water partition coefficient (Wildman–Crippen LogP) is 3.05. The molecular weight excluding hydrogens is 417 g/mol. The molecule has 2 rings (SSSR count). The van der Waals surface area contributed by atoms with Crippen molar-refractivity contribution < 1.29 is 18.7 Å². The van der Waals surface area contributed by atoms with Gasteiger partial charge in [0.15, 0.2) is 0 Å². The van der Waals surface area contributed by atoms with Gasteiger partial charge in [0.05, 0.1) is 13.7 Å². The molecule has 0 atom stereocenters. The van der Waals surface area contributed by atoms with Gasteiger partial charge in [-0.25, -0.2) is 9.18 Å². The van der Waals surface area contributed by atoms with Crippen molar-refractivity contribution in [1.82, 2.24) is 15.5 Å². The first kappa shape index (κ1) is 20.7. The Labute approximate surface area is 165 Å². The number of hydrogen-bond donors (Lipinski definition) is 2. The molecule has 0 radical (unpaired) electrons. The molecule has 0 heterocycles. The third kappa shape index (κ3) is 6.56. The number of likely N-dealkylation sites (N-methyl/N-ethyl adjacent to an activating group) is 1. The van der Waals surface area contributed by atoms with Gasteiger partial charge in [-0.1, -0.05) is 28.1 Å². The maximum Gasteiger partial charge on any atom is 0.315 e. The Hall–Kier alpha value is -2.61. The van der Waals surface area contributed by atoms with Crippen molar-refractivity contribution in [2.75, 3.05) is 20.7 Å². The van der Waals surface area contributed by atoms with Crippen molar-refractivity contribution in [3.05, 3.63) is 63.9 Å². The van der Waals surface area contributed by atoms with Crippen LogP contribution in [0.15, 0.2) is 46.9 Å². The van der Waals surface area contributed by atoms with Gasteiger partial charge in [-0.05, 0) is 35.9 Å². The van der Waals surface area contributed by atoms with Gasteiger partial charge in [-0.15, -0.1) is 0 Å². The Balaban J connectivity index is 1.79. The van der Waals surface area contributed by atoms with Crippen LogP contribution in [-0.4, -0.2) is 37.5 Å². The average molecular weight is 438 g/mol. The maximum atomic E-state index is 12.8. The van der Waals surface area contributed by atoms with Gasteiger partial charge in [0.1, 0.15) is 11.6 Å². The van der Waals surface area contributed by atoms with Crippen LogP contribution < -0.4 is 15.4 Å². The fourth-order valence-electron chi connectivity index (χ4n) is 2.35. The molecule has 0 aliphatic rings. The zero-order valence-corrected chi connectivity index (χ0v) is 16.7. The molecule has 0 spiro atoms. The van der Waals surface area contributed by atoms with Crippen molar-refractivity contribution in [2.45, 2.75) is 13.1 Å². The van der Waals surface area contributed by atoms with Crippen LogP contribution in [0.4, 0.5) is 9.18 Å². The molecule has 6 nitrogen and oxygen atoms in total. The molecule has 144 valence electrons. The van der Waals surface area contributed by atoms with E-state index in [1.165, 1.54) is 17.0 Å². The number of ether oxygens (including phenoxy) is 1. The van der Waals surface area contributed by atoms with Crippen LogP contribution in [0.5, 0.6) is 5.75 Å². The van der Waals surface area contributed by atoms with Crippen LogP contribution in [0.3, 0.4) is 0 Å². The highest BCUT2D eigenvalue weighted by atomic mass is 79.9. The van der Waals surface area contributed by atoms with Gasteiger partial charge < -0.3 is 20.3 Å². The minimum absolute atomic E-state index is 0.137. The number of carbonyl (C=O) groups is 2. The summed E-state index contributed by atoms with van der Waals surface area (Å²) in [7, 11) is 3.22. The monoisotopic (exact) mass is 437 g/mol. The minimum atomic E-state index is -0.471. The van der Waals surface area contributed by atoms with Gasteiger partial charge in [0, 0.05) is 30.2 Å². The fourth-order valence-corrected chi connectivity index (χ4v) is 2.76. The van der Waals surface area contributed by atoms with Gasteiger partial charge in [0.2, 0.25) is 5.91 Å². The zero-order valence-electron chi connectivity index (χ0n) is 15.1. The first-order valence-electron chi connectivity index (χ1n) is 8.21. The molecule has 0 saturated carbocycles. The van der Waals surface area contributed by atoms with Crippen LogP contribution in [-0.2, 0) is 17.9 Å². The third-order valence-corrected chi connectivity index (χ3v) is 4.34. The molecule has 2 N–H and O–H groups in total. The van der Waals surface area contributed by atoms with Gasteiger partial charge in [-0.3, -0.25) is 4.79 Å². The van der Waals surface area contributed by atoms with E-state index in [1.54, 1.807) is 26.3 Å². The van der Waals surface area contributed by atoms with E-state index < -0.39 is 6.03 Å². The second-order valence-electron chi connectivity index (χ2n) is 5.87. The summed E-state index contributed by atoms with van der Waals surface area (Å²) in [5, 5.41) is 5.13. The summed E-state index contributed by atoms with van der Waals surface area (Å²) in [6.07, 6.45) is 0. The largest absolute Gasteiger partial charge is 0.496 e. The lowest BCUT2D eigenvalue weighted by Gasteiger charge is -2.19. The SMILES string of the molecule is COc1ccc(Br)cc1CN(C)C(=O)CNC(=O)NCc1ccc(F)cc1. The highest BCUT2D eigenvalue weighted by molar-refractivity contribution is 9.10. The molecule has 0 aliphatic carbocycles. The molecule has 0 bridgehead atoms. The number of nitrogens with zero attached hydrogens (tertiary/aromatic N) is 1. The van der Waals surface area contributed by atoms with E-state index in [9.17, 15) is 14.0 Å². The normalized spacial score (nSPS) is 10.2. The number of amides is 3. The van der Waals surface area contributed by atoms with Crippen LogP contribution in [0, 0.1) is 5.82 Å². The summed E-state index contributed by atoms with van der Waals surface area (Å²) in [6.45, 7) is 0.452. The molecule has 0 fully saturated rings. The van der Waals surface area contributed by atoms with E-state index in [4.69, 9.17) is 4.74 Å². The summed E-state index contributed by atoms with van der Waals surface area (Å²) < 4.78 is 19.0. The Bertz CT molecular complexity index is 799. The van der Waals surface area contributed by atoms with Crippen LogP contribution in [0.1, 0.15) is 11.1 Å². The molecule has 0 aliphatic heterocycles. The second-order valence-corrected chi connectivity index (χ2v) is 6.78. The summed E-state index contributed by atoms with van der Waals surface area (Å²) in [5.74, 6) is 0.107. The van der Waals surface area contributed by atoms with Gasteiger partial charge in [0.25, 0.3) is 0 Å². The maximum absolute atomic E-state index is 12.8. The lowest BCUT2D eigenvalue weighted by atomic mass is 10.2. The number of urea groups is 1. The Morgan fingerprint density at radius 3 is 2.52 bits per heavy atom. The zero-order chi connectivity index (χ0) is 19.8. The lowest BCUT2D eigenvalue weighted by molar-refractivity contribution is -0.129. The van der Waals surface area contributed by atoms with E-state index in [2.05, 4.69) is 26.6 Å². The van der Waals surface area contributed by atoms with E-state index in [1.807, 2.05) is 18.2 Å². The molecule has 27 heavy (non-hydrogen) atoms. The van der Waals surface area contributed by atoms with Crippen LogP contribution >= 0.6 is 15.9 Å². The van der Waals surface area contributed by atoms with E-state index in [-0.39, 0.29) is 24.8 Å². The average Bonchev–Trinajstić information content (AvgIpc) is 2.65. The smallest absolute Gasteiger partial charge is 0.315 e. The summed E-state index contributed by atoms with van der Waals surface area (Å²) in [6, 6.07) is 10.9. The second kappa shape index (κ2) is 9.91. The number of nitrogens with one attached hydrogen (secondary N) is 2. The molecule has 3 amide bonds. The first-order valence-corrected chi connectivity index (χ1v) is 9.01. The molecule has 2 aromatic rings. The van der Waals surface area contributed by atoms with Crippen molar-refractivity contribution >= 4 is 27.9 Å². The standard InChI is InChI=1S/C19H21BrFN3O3/c1-24(12-14-9-15(20)5-8-17(14)27-2)18(25)11-23-19(26)22-10-13-3-6-16(21)7-4-13/h3-9H,10-12H2,1-2H3,(H2,22,23,26). The van der Waals surface area contributed by atoms with E-state index in [0.717, 1.165) is 15.6 Å². The minimum Gasteiger partial charge on any atom is -0.496 e. The third-order valence-electron chi connectivity index (χ3n) is 3.84. The van der Waals surface area contributed by atoms with Crippen molar-refractivity contribution in [1.29, 1.82) is 0 Å². The molecule has 2 aromatic carbocycles. The van der Waals surface area contributed by atoms with Crippen LogP contribution in [0.25, 0.3) is 0 Å². The first-order chi connectivity index (χ1) is 12.9. The number of hydrogen-bond acceptors (Lipinski definition) is 3. The molecule has 0 unspecified atom stereocenters. The van der Waals surface area contributed by atoms with Crippen LogP contribution in [0.2, 0.25) is 0 Å². The Morgan fingerprint density at radius 2 is 1.85 bits per heavy atom. The number of benzene rings is 2. The number of carbonyl (C=O) groups excluding carboxylic acids is 2. The Kier molecular flexibility index (Phi) is 7.60. The van der Waals surface area contributed by atoms with Crippen molar-refractivity contribution in [3.63, 3.8) is 0 Å². The fraction of sp³-hybridized carbons (Fsp3) is 0.263. The number of halogens is 2. The van der Waals surface area contributed by atoms with Crippen molar-refractivity contribution in [2.24, 2.45) is 0 Å². The Morgan fingerprint density at radius 1 is 1.15 bits per heavy atom.